The molecule has 0 amide bonds. The Labute approximate surface area is 116 Å². The van der Waals surface area contributed by atoms with Crippen LogP contribution in [0.2, 0.25) is 0 Å². The van der Waals surface area contributed by atoms with Crippen LogP contribution < -0.4 is 5.32 Å². The van der Waals surface area contributed by atoms with Crippen molar-refractivity contribution < 1.29 is 0 Å². The summed E-state index contributed by atoms with van der Waals surface area (Å²) in [6, 6.07) is 6.57. The average Bonchev–Trinajstić information content (AvgIpc) is 3.01. The second-order valence-corrected chi connectivity index (χ2v) is 5.74. The minimum Gasteiger partial charge on any atom is -0.365 e. The average molecular weight is 272 g/mol. The normalized spacial score (nSPS) is 12.7. The van der Waals surface area contributed by atoms with E-state index in [0.717, 1.165) is 23.3 Å². The third-order valence-electron chi connectivity index (χ3n) is 3.11. The molecular formula is C14H16N4S. The van der Waals surface area contributed by atoms with Gasteiger partial charge in [-0.05, 0) is 24.4 Å². The van der Waals surface area contributed by atoms with Gasteiger partial charge >= 0.3 is 0 Å². The fraction of sp³-hybridized carbons (Fsp3) is 0.286. The van der Waals surface area contributed by atoms with Crippen LogP contribution in [0.15, 0.2) is 36.1 Å². The number of hydrogen-bond donors (Lipinski definition) is 1. The van der Waals surface area contributed by atoms with E-state index in [4.69, 9.17) is 0 Å². The third-order valence-corrected chi connectivity index (χ3v) is 4.01. The summed E-state index contributed by atoms with van der Waals surface area (Å²) in [5.41, 5.74) is 2.03. The van der Waals surface area contributed by atoms with E-state index in [1.807, 2.05) is 30.2 Å². The number of hydrogen-bond acceptors (Lipinski definition) is 4. The predicted octanol–water partition coefficient (Wildman–Crippen LogP) is 3.07. The number of fused-ring (bicyclic) bond motifs is 1. The summed E-state index contributed by atoms with van der Waals surface area (Å²) in [6.45, 7) is 2.17. The first-order valence-electron chi connectivity index (χ1n) is 6.29. The number of aryl methyl sites for hydroxylation is 1. The highest BCUT2D eigenvalue weighted by molar-refractivity contribution is 7.09. The van der Waals surface area contributed by atoms with Crippen molar-refractivity contribution in [1.29, 1.82) is 0 Å². The van der Waals surface area contributed by atoms with Crippen molar-refractivity contribution in [2.24, 2.45) is 7.05 Å². The SMILES string of the molecule is CC(Cc1cccs1)Nc1nccc2c1ncn2C. The fourth-order valence-corrected chi connectivity index (χ4v) is 3.02. The minimum atomic E-state index is 0.332. The topological polar surface area (TPSA) is 42.7 Å². The second-order valence-electron chi connectivity index (χ2n) is 4.71. The van der Waals surface area contributed by atoms with E-state index in [9.17, 15) is 0 Å². The Kier molecular flexibility index (Phi) is 3.21. The van der Waals surface area contributed by atoms with Crippen LogP contribution in [0.1, 0.15) is 11.8 Å². The monoisotopic (exact) mass is 272 g/mol. The number of aromatic nitrogens is 3. The molecule has 0 aliphatic carbocycles. The van der Waals surface area contributed by atoms with E-state index < -0.39 is 0 Å². The summed E-state index contributed by atoms with van der Waals surface area (Å²) < 4.78 is 2.01. The van der Waals surface area contributed by atoms with Gasteiger partial charge in [0.25, 0.3) is 0 Å². The molecule has 0 fully saturated rings. The number of pyridine rings is 1. The summed E-state index contributed by atoms with van der Waals surface area (Å²) in [4.78, 5) is 10.2. The zero-order valence-electron chi connectivity index (χ0n) is 11.0. The van der Waals surface area contributed by atoms with Crippen molar-refractivity contribution in [2.45, 2.75) is 19.4 Å². The summed E-state index contributed by atoms with van der Waals surface area (Å²) >= 11 is 1.79. The highest BCUT2D eigenvalue weighted by Crippen LogP contribution is 2.20. The lowest BCUT2D eigenvalue weighted by Crippen LogP contribution is -2.18. The molecule has 3 aromatic rings. The van der Waals surface area contributed by atoms with Gasteiger partial charge in [0.2, 0.25) is 0 Å². The van der Waals surface area contributed by atoms with Crippen molar-refractivity contribution in [3.05, 3.63) is 41.0 Å². The maximum atomic E-state index is 4.41. The molecule has 4 nitrogen and oxygen atoms in total. The first kappa shape index (κ1) is 12.2. The molecule has 0 aromatic carbocycles. The smallest absolute Gasteiger partial charge is 0.154 e. The van der Waals surface area contributed by atoms with Gasteiger partial charge in [-0.2, -0.15) is 0 Å². The van der Waals surface area contributed by atoms with Gasteiger partial charge in [-0.1, -0.05) is 6.07 Å². The van der Waals surface area contributed by atoms with Crippen molar-refractivity contribution >= 4 is 28.2 Å². The van der Waals surface area contributed by atoms with E-state index >= 15 is 0 Å². The van der Waals surface area contributed by atoms with Gasteiger partial charge in [0.15, 0.2) is 5.82 Å². The zero-order chi connectivity index (χ0) is 13.2. The van der Waals surface area contributed by atoms with Crippen LogP contribution in [0.25, 0.3) is 11.0 Å². The summed E-state index contributed by atoms with van der Waals surface area (Å²) in [7, 11) is 1.99. The lowest BCUT2D eigenvalue weighted by Gasteiger charge is -2.13. The molecule has 0 aliphatic heterocycles. The lowest BCUT2D eigenvalue weighted by atomic mass is 10.2. The highest BCUT2D eigenvalue weighted by atomic mass is 32.1. The van der Waals surface area contributed by atoms with E-state index in [1.54, 1.807) is 11.3 Å². The zero-order valence-corrected chi connectivity index (χ0v) is 11.8. The Balaban J connectivity index is 1.81. The first-order valence-corrected chi connectivity index (χ1v) is 7.17. The van der Waals surface area contributed by atoms with Crippen molar-refractivity contribution in [2.75, 3.05) is 5.32 Å². The van der Waals surface area contributed by atoms with Crippen molar-refractivity contribution in [3.63, 3.8) is 0 Å². The van der Waals surface area contributed by atoms with Crippen LogP contribution in [-0.4, -0.2) is 20.6 Å². The number of anilines is 1. The number of rotatable bonds is 4. The van der Waals surface area contributed by atoms with Gasteiger partial charge in [0.1, 0.15) is 5.52 Å². The lowest BCUT2D eigenvalue weighted by molar-refractivity contribution is 0.796. The quantitative estimate of drug-likeness (QED) is 0.793. The molecule has 0 aliphatic rings. The Morgan fingerprint density at radius 2 is 2.26 bits per heavy atom. The molecule has 3 rings (SSSR count). The number of thiophene rings is 1. The maximum Gasteiger partial charge on any atom is 0.154 e. The van der Waals surface area contributed by atoms with Crippen LogP contribution in [-0.2, 0) is 13.5 Å². The molecule has 1 unspecified atom stereocenters. The predicted molar refractivity (Wildman–Crippen MR) is 79.6 cm³/mol. The van der Waals surface area contributed by atoms with Gasteiger partial charge < -0.3 is 9.88 Å². The number of imidazole rings is 1. The van der Waals surface area contributed by atoms with Crippen LogP contribution in [0.5, 0.6) is 0 Å². The van der Waals surface area contributed by atoms with Gasteiger partial charge in [0, 0.05) is 30.6 Å². The summed E-state index contributed by atoms with van der Waals surface area (Å²) in [6.07, 6.45) is 4.65. The van der Waals surface area contributed by atoms with Gasteiger partial charge in [-0.15, -0.1) is 11.3 Å². The molecule has 3 aromatic heterocycles. The van der Waals surface area contributed by atoms with E-state index in [1.165, 1.54) is 4.88 Å². The molecule has 98 valence electrons. The summed E-state index contributed by atoms with van der Waals surface area (Å²) in [5.74, 6) is 0.863. The Morgan fingerprint density at radius 1 is 1.37 bits per heavy atom. The third kappa shape index (κ3) is 2.46. The molecule has 0 bridgehead atoms. The largest absolute Gasteiger partial charge is 0.365 e. The van der Waals surface area contributed by atoms with E-state index in [-0.39, 0.29) is 0 Å². The number of nitrogens with one attached hydrogen (secondary N) is 1. The highest BCUT2D eigenvalue weighted by Gasteiger charge is 2.10. The molecule has 1 N–H and O–H groups in total. The van der Waals surface area contributed by atoms with Gasteiger partial charge in [0.05, 0.1) is 11.8 Å². The fourth-order valence-electron chi connectivity index (χ4n) is 2.18. The van der Waals surface area contributed by atoms with Crippen molar-refractivity contribution in [1.82, 2.24) is 14.5 Å². The Bertz CT molecular complexity index is 672. The number of nitrogens with zero attached hydrogens (tertiary/aromatic N) is 3. The molecular weight excluding hydrogens is 256 g/mol. The van der Waals surface area contributed by atoms with E-state index in [0.29, 0.717) is 6.04 Å². The van der Waals surface area contributed by atoms with Crippen LogP contribution in [0.3, 0.4) is 0 Å². The van der Waals surface area contributed by atoms with E-state index in [2.05, 4.69) is 39.7 Å². The molecule has 0 radical (unpaired) electrons. The molecule has 0 spiro atoms. The maximum absolute atomic E-state index is 4.41. The standard InChI is InChI=1S/C14H16N4S/c1-10(8-11-4-3-7-19-11)17-14-13-12(5-6-15-14)18(2)9-16-13/h3-7,9-10H,8H2,1-2H3,(H,15,17). The Morgan fingerprint density at radius 3 is 3.05 bits per heavy atom. The van der Waals surface area contributed by atoms with Crippen LogP contribution in [0, 0.1) is 0 Å². The molecule has 0 saturated carbocycles. The molecule has 3 heterocycles. The van der Waals surface area contributed by atoms with Crippen molar-refractivity contribution in [3.8, 4) is 0 Å². The van der Waals surface area contributed by atoms with Gasteiger partial charge in [-0.25, -0.2) is 9.97 Å². The molecule has 19 heavy (non-hydrogen) atoms. The molecule has 1 atom stereocenters. The molecule has 0 saturated heterocycles. The molecule has 5 heteroatoms. The second kappa shape index (κ2) is 5.01. The Hall–Kier alpha value is -1.88. The van der Waals surface area contributed by atoms with Crippen LogP contribution >= 0.6 is 11.3 Å². The summed E-state index contributed by atoms with van der Waals surface area (Å²) in [5, 5.41) is 5.57. The van der Waals surface area contributed by atoms with Gasteiger partial charge in [-0.3, -0.25) is 0 Å². The minimum absolute atomic E-state index is 0.332. The van der Waals surface area contributed by atoms with Crippen LogP contribution in [0.4, 0.5) is 5.82 Å². The first-order chi connectivity index (χ1) is 9.24.